The van der Waals surface area contributed by atoms with Crippen LogP contribution in [-0.4, -0.2) is 1150 Å². The molecule has 0 unspecified atom stereocenters. The van der Waals surface area contributed by atoms with Crippen molar-refractivity contribution in [1.82, 2.24) is 0 Å². The quantitative estimate of drug-likeness (QED) is 0.131. The summed E-state index contributed by atoms with van der Waals surface area (Å²) in [5, 5.41) is 38.0. The van der Waals surface area contributed by atoms with Crippen LogP contribution in [0.1, 0.15) is 0 Å². The zero-order valence-corrected chi connectivity index (χ0v) is 13.2. The monoisotopic (exact) mass is 1250 g/mol. The summed E-state index contributed by atoms with van der Waals surface area (Å²) in [6.07, 6.45) is 4.17. The first kappa shape index (κ1) is 299. The summed E-state index contributed by atoms with van der Waals surface area (Å²) >= 11 is 0. The number of carbonyl (C=O) groups is 5. The van der Waals surface area contributed by atoms with Gasteiger partial charge in [0.1, 0.15) is 0 Å². The third-order valence-electron chi connectivity index (χ3n) is 0.873. The van der Waals surface area contributed by atoms with E-state index in [1.54, 1.807) is 0 Å². The molecule has 214 valence electrons. The van der Waals surface area contributed by atoms with Crippen molar-refractivity contribution in [3.05, 3.63) is 63.3 Å². The molecule has 0 atom stereocenters. The minimum absolute atomic E-state index is 0. The number of aliphatic carboxylic acids is 5. The molecule has 0 spiro atoms. The fourth-order valence-corrected chi connectivity index (χ4v) is 0. The van der Waals surface area contributed by atoms with Gasteiger partial charge in [0.05, 0.1) is 0 Å². The van der Waals surface area contributed by atoms with Gasteiger partial charge < -0.3 is 25.5 Å². The summed E-state index contributed by atoms with van der Waals surface area (Å²) < 4.78 is 0. The molecule has 0 aliphatic rings. The fourth-order valence-electron chi connectivity index (χ4n) is 0. The molecule has 0 bridgehead atoms. The molecule has 0 saturated heterocycles. The van der Waals surface area contributed by atoms with Crippen LogP contribution in [0.4, 0.5) is 0 Å². The van der Waals surface area contributed by atoms with Gasteiger partial charge in [-0.25, -0.2) is 24.0 Å². The summed E-state index contributed by atoms with van der Waals surface area (Å²) in [6.45, 7) is 14.8. The van der Waals surface area contributed by atoms with Crippen molar-refractivity contribution in [1.29, 1.82) is 0 Å². The van der Waals surface area contributed by atoms with E-state index < -0.39 is 29.8 Å². The second-order valence-corrected chi connectivity index (χ2v) is 2.71. The predicted octanol–water partition coefficient (Wildman–Crippen LogP) is -22.7. The molecule has 0 saturated carbocycles. The van der Waals surface area contributed by atoms with Gasteiger partial charge in [-0.3, -0.25) is 0 Å². The molecule has 10 nitrogen and oxygen atoms in total. The standard InChI is InChI=1S/5C3H4O2.37Na.37H/c5*1-2-3(4)5;;;;;;;;;;;;;;;;;;;;;;;;;;;;;;;;;;;;;;;;;;;;;;;;;;;;;;;;;;;;;;;;;;;;;;;;;;/h5*2H,1H2,(H,4,5);;;;;;;;;;;;;;;;;;;;;;;;;;;;;;;;;;;;;;;;;;;;;;;;;;;;;;;;;;;;;;;;;;;;;;;;;;. The predicted molar refractivity (Wildman–Crippen MR) is 354 cm³/mol. The molecule has 0 aromatic carbocycles. The van der Waals surface area contributed by atoms with Crippen LogP contribution in [0, 0.1) is 0 Å². The van der Waals surface area contributed by atoms with Crippen molar-refractivity contribution < 1.29 is 49.5 Å². The van der Waals surface area contributed by atoms with Crippen LogP contribution < -0.4 is 0 Å². The van der Waals surface area contributed by atoms with Gasteiger partial charge in [0, 0.05) is 30.4 Å². The van der Waals surface area contributed by atoms with Crippen molar-refractivity contribution in [2.45, 2.75) is 0 Å². The van der Waals surface area contributed by atoms with E-state index in [9.17, 15) is 24.0 Å². The minimum atomic E-state index is -0.981. The van der Waals surface area contributed by atoms with E-state index in [1.807, 2.05) is 0 Å². The number of carboxylic acid groups (broad SMARTS) is 5. The van der Waals surface area contributed by atoms with E-state index in [2.05, 4.69) is 32.9 Å². The van der Waals surface area contributed by atoms with Crippen LogP contribution in [0.3, 0.4) is 0 Å². The number of hydrogen-bond acceptors (Lipinski definition) is 5. The molecule has 0 aromatic rings. The number of carboxylic acids is 5. The third-order valence-corrected chi connectivity index (χ3v) is 0.873. The van der Waals surface area contributed by atoms with E-state index in [0.717, 1.165) is 30.4 Å². The Morgan fingerprint density at radius 2 is 0.194 bits per heavy atom. The van der Waals surface area contributed by atoms with E-state index in [4.69, 9.17) is 25.5 Å². The summed E-state index contributed by atoms with van der Waals surface area (Å²) in [5.41, 5.74) is 0. The molecular weight excluding hydrogens is 1190 g/mol. The number of hydrogen-bond donors (Lipinski definition) is 5. The van der Waals surface area contributed by atoms with Gasteiger partial charge in [-0.15, -0.1) is 0 Å². The normalized spacial score (nSPS) is 2.58. The SMILES string of the molecule is C=CC(=O)O.C=CC(=O)O.C=CC(=O)O.C=CC(=O)O.C=CC(=O)O.[NaH].[NaH].[NaH].[NaH].[NaH].[NaH].[NaH].[NaH].[NaH].[NaH].[NaH].[NaH].[NaH].[NaH].[NaH].[NaH].[NaH].[NaH].[NaH].[NaH].[NaH].[NaH].[NaH].[NaH].[NaH].[NaH].[NaH].[NaH].[NaH].[NaH].[NaH].[NaH].[NaH].[NaH].[NaH].[NaH].[NaH]. The average molecular weight is 1250 g/mol. The topological polar surface area (TPSA) is 186 Å². The molecular formula is C15H57Na37O10. The van der Waals surface area contributed by atoms with Crippen LogP contribution >= 0.6 is 0 Å². The van der Waals surface area contributed by atoms with Crippen LogP contribution in [0.15, 0.2) is 63.3 Å². The molecule has 0 aromatic heterocycles. The van der Waals surface area contributed by atoms with E-state index >= 15 is 0 Å². The van der Waals surface area contributed by atoms with Crippen molar-refractivity contribution in [2.24, 2.45) is 0 Å². The first-order valence-corrected chi connectivity index (χ1v) is 5.62. The van der Waals surface area contributed by atoms with Crippen molar-refractivity contribution >= 4 is 1120 Å². The molecule has 0 amide bonds. The Labute approximate surface area is 1190 Å². The van der Waals surface area contributed by atoms with Crippen LogP contribution in [0.25, 0.3) is 0 Å². The first-order valence-electron chi connectivity index (χ1n) is 5.62. The van der Waals surface area contributed by atoms with Crippen LogP contribution in [0.5, 0.6) is 0 Å². The molecule has 62 heavy (non-hydrogen) atoms. The van der Waals surface area contributed by atoms with E-state index in [0.29, 0.717) is 0 Å². The summed E-state index contributed by atoms with van der Waals surface area (Å²) in [4.78, 5) is 46.2. The second kappa shape index (κ2) is 289. The zero-order chi connectivity index (χ0) is 21.4. The van der Waals surface area contributed by atoms with Gasteiger partial charge in [-0.2, -0.15) is 0 Å². The molecule has 0 aliphatic carbocycles. The van der Waals surface area contributed by atoms with Crippen LogP contribution in [0.2, 0.25) is 0 Å². The maximum atomic E-state index is 9.25. The molecule has 0 rings (SSSR count). The van der Waals surface area contributed by atoms with E-state index in [-0.39, 0.29) is 1090 Å². The van der Waals surface area contributed by atoms with Crippen molar-refractivity contribution in [3.8, 4) is 0 Å². The van der Waals surface area contributed by atoms with Gasteiger partial charge >= 0.3 is 1120 Å². The molecule has 0 fully saturated rings. The zero-order valence-electron chi connectivity index (χ0n) is 13.2. The molecule has 47 heteroatoms. The van der Waals surface area contributed by atoms with Gasteiger partial charge in [0.25, 0.3) is 0 Å². The van der Waals surface area contributed by atoms with Gasteiger partial charge in [0.15, 0.2) is 0 Å². The second-order valence-electron chi connectivity index (χ2n) is 2.71. The maximum absolute atomic E-state index is 9.25. The Balaban J connectivity index is -0.00000000175. The average Bonchev–Trinajstić information content (AvgIpc) is 2.56. The Bertz CT molecular complexity index is 444. The van der Waals surface area contributed by atoms with Gasteiger partial charge in [-0.05, 0) is 0 Å². The summed E-state index contributed by atoms with van der Waals surface area (Å²) in [7, 11) is 0. The summed E-state index contributed by atoms with van der Waals surface area (Å²) in [5.74, 6) is -4.91. The van der Waals surface area contributed by atoms with E-state index in [1.165, 1.54) is 0 Å². The Morgan fingerprint density at radius 3 is 0.194 bits per heavy atom. The summed E-state index contributed by atoms with van der Waals surface area (Å²) in [6, 6.07) is 0. The molecule has 5 N–H and O–H groups in total. The molecule has 0 aliphatic heterocycles. The Kier molecular flexibility index (Phi) is 1390. The van der Waals surface area contributed by atoms with Gasteiger partial charge in [0.2, 0.25) is 0 Å². The fraction of sp³-hybridized carbons (Fsp3) is 0. The Morgan fingerprint density at radius 1 is 0.177 bits per heavy atom. The molecule has 0 radical (unpaired) electrons. The third kappa shape index (κ3) is 425. The first-order chi connectivity index (χ1) is 11.4. The number of rotatable bonds is 5. The Hall–Kier alpha value is 33.0. The van der Waals surface area contributed by atoms with Crippen molar-refractivity contribution in [2.75, 3.05) is 0 Å². The molecule has 0 heterocycles. The van der Waals surface area contributed by atoms with Gasteiger partial charge in [-0.1, -0.05) is 32.9 Å². The van der Waals surface area contributed by atoms with Crippen molar-refractivity contribution in [3.63, 3.8) is 0 Å². The van der Waals surface area contributed by atoms with Crippen LogP contribution in [-0.2, 0) is 24.0 Å².